The fourth-order valence-electron chi connectivity index (χ4n) is 1.35. The average molecular weight is 240 g/mol. The highest BCUT2D eigenvalue weighted by molar-refractivity contribution is 6.30. The Bertz CT molecular complexity index is 496. The van der Waals surface area contributed by atoms with Crippen LogP contribution in [0.4, 0.5) is 10.2 Å². The number of nitrogens with one attached hydrogen (secondary N) is 1. The van der Waals surface area contributed by atoms with Gasteiger partial charge in [0.2, 0.25) is 0 Å². The SMILES string of the molecule is Cn1ccc(NCc2ccc(F)c(Cl)c2)n1. The van der Waals surface area contributed by atoms with Crippen molar-refractivity contribution in [2.45, 2.75) is 6.54 Å². The van der Waals surface area contributed by atoms with Gasteiger partial charge < -0.3 is 5.32 Å². The zero-order valence-corrected chi connectivity index (χ0v) is 9.50. The molecular weight excluding hydrogens is 229 g/mol. The number of rotatable bonds is 3. The van der Waals surface area contributed by atoms with E-state index in [0.717, 1.165) is 11.4 Å². The molecule has 0 bridgehead atoms. The van der Waals surface area contributed by atoms with Gasteiger partial charge in [-0.1, -0.05) is 17.7 Å². The largest absolute Gasteiger partial charge is 0.365 e. The number of aromatic nitrogens is 2. The topological polar surface area (TPSA) is 29.9 Å². The number of benzene rings is 1. The highest BCUT2D eigenvalue weighted by atomic mass is 35.5. The van der Waals surface area contributed by atoms with Crippen LogP contribution in [-0.4, -0.2) is 9.78 Å². The molecule has 0 unspecified atom stereocenters. The maximum absolute atomic E-state index is 12.9. The summed E-state index contributed by atoms with van der Waals surface area (Å²) in [6.07, 6.45) is 1.85. The van der Waals surface area contributed by atoms with Gasteiger partial charge in [-0.15, -0.1) is 0 Å². The van der Waals surface area contributed by atoms with Crippen LogP contribution < -0.4 is 5.32 Å². The Labute approximate surface area is 97.8 Å². The second-order valence-corrected chi connectivity index (χ2v) is 3.88. The van der Waals surface area contributed by atoms with Gasteiger partial charge in [0.05, 0.1) is 5.02 Å². The van der Waals surface area contributed by atoms with E-state index in [-0.39, 0.29) is 5.02 Å². The van der Waals surface area contributed by atoms with Gasteiger partial charge in [-0.2, -0.15) is 5.10 Å². The molecule has 0 fully saturated rings. The van der Waals surface area contributed by atoms with Crippen molar-refractivity contribution >= 4 is 17.4 Å². The number of anilines is 1. The van der Waals surface area contributed by atoms with Crippen molar-refractivity contribution in [1.82, 2.24) is 9.78 Å². The highest BCUT2D eigenvalue weighted by Crippen LogP contribution is 2.16. The molecule has 0 atom stereocenters. The van der Waals surface area contributed by atoms with E-state index in [4.69, 9.17) is 11.6 Å². The van der Waals surface area contributed by atoms with Crippen molar-refractivity contribution < 1.29 is 4.39 Å². The molecule has 0 aliphatic heterocycles. The number of halogens is 2. The van der Waals surface area contributed by atoms with Gasteiger partial charge in [0, 0.05) is 25.9 Å². The van der Waals surface area contributed by atoms with Crippen LogP contribution >= 0.6 is 11.6 Å². The molecule has 84 valence electrons. The fraction of sp³-hybridized carbons (Fsp3) is 0.182. The lowest BCUT2D eigenvalue weighted by molar-refractivity contribution is 0.627. The summed E-state index contributed by atoms with van der Waals surface area (Å²) in [6.45, 7) is 0.566. The van der Waals surface area contributed by atoms with E-state index in [0.29, 0.717) is 6.54 Å². The molecule has 1 heterocycles. The lowest BCUT2D eigenvalue weighted by Crippen LogP contribution is -2.01. The third-order valence-electron chi connectivity index (χ3n) is 2.17. The zero-order valence-electron chi connectivity index (χ0n) is 8.74. The van der Waals surface area contributed by atoms with E-state index >= 15 is 0 Å². The predicted octanol–water partition coefficient (Wildman–Crippen LogP) is 2.82. The Balaban J connectivity index is 2.02. The second kappa shape index (κ2) is 4.53. The van der Waals surface area contributed by atoms with Crippen LogP contribution in [0.2, 0.25) is 5.02 Å². The first-order chi connectivity index (χ1) is 7.65. The summed E-state index contributed by atoms with van der Waals surface area (Å²) in [7, 11) is 1.85. The minimum absolute atomic E-state index is 0.139. The molecule has 0 amide bonds. The molecule has 0 spiro atoms. The smallest absolute Gasteiger partial charge is 0.148 e. The molecule has 0 radical (unpaired) electrons. The summed E-state index contributed by atoms with van der Waals surface area (Å²) in [5.74, 6) is 0.381. The fourth-order valence-corrected chi connectivity index (χ4v) is 1.55. The Kier molecular flexibility index (Phi) is 3.10. The number of hydrogen-bond acceptors (Lipinski definition) is 2. The third kappa shape index (κ3) is 2.52. The van der Waals surface area contributed by atoms with Crippen LogP contribution in [0, 0.1) is 5.82 Å². The summed E-state index contributed by atoms with van der Waals surface area (Å²) in [6, 6.07) is 6.52. The van der Waals surface area contributed by atoms with Gasteiger partial charge in [-0.25, -0.2) is 4.39 Å². The van der Waals surface area contributed by atoms with Crippen LogP contribution in [0.5, 0.6) is 0 Å². The number of aryl methyl sites for hydroxylation is 1. The van der Waals surface area contributed by atoms with Gasteiger partial charge in [-0.05, 0) is 17.7 Å². The Morgan fingerprint density at radius 3 is 2.88 bits per heavy atom. The lowest BCUT2D eigenvalue weighted by Gasteiger charge is -2.04. The minimum Gasteiger partial charge on any atom is -0.365 e. The molecule has 0 aliphatic rings. The lowest BCUT2D eigenvalue weighted by atomic mass is 10.2. The minimum atomic E-state index is -0.400. The monoisotopic (exact) mass is 239 g/mol. The first kappa shape index (κ1) is 11.0. The van der Waals surface area contributed by atoms with Gasteiger partial charge in [0.1, 0.15) is 11.6 Å². The van der Waals surface area contributed by atoms with Crippen LogP contribution in [-0.2, 0) is 13.6 Å². The summed E-state index contributed by atoms with van der Waals surface area (Å²) < 4.78 is 14.6. The van der Waals surface area contributed by atoms with E-state index in [2.05, 4.69) is 10.4 Å². The van der Waals surface area contributed by atoms with E-state index in [1.807, 2.05) is 19.3 Å². The normalized spacial score (nSPS) is 10.4. The summed E-state index contributed by atoms with van der Waals surface area (Å²) in [4.78, 5) is 0. The molecule has 16 heavy (non-hydrogen) atoms. The van der Waals surface area contributed by atoms with E-state index in [1.165, 1.54) is 6.07 Å². The molecule has 1 N–H and O–H groups in total. The molecule has 3 nitrogen and oxygen atoms in total. The van der Waals surface area contributed by atoms with Gasteiger partial charge in [-0.3, -0.25) is 4.68 Å². The summed E-state index contributed by atoms with van der Waals surface area (Å²) in [5.41, 5.74) is 0.914. The van der Waals surface area contributed by atoms with Crippen LogP contribution in [0.3, 0.4) is 0 Å². The molecule has 1 aromatic heterocycles. The molecular formula is C11H11ClFN3. The van der Waals surface area contributed by atoms with Crippen molar-refractivity contribution in [2.75, 3.05) is 5.32 Å². The molecule has 2 aromatic rings. The van der Waals surface area contributed by atoms with Gasteiger partial charge in [0.15, 0.2) is 0 Å². The number of nitrogens with zero attached hydrogens (tertiary/aromatic N) is 2. The maximum atomic E-state index is 12.9. The van der Waals surface area contributed by atoms with Crippen LogP contribution in [0.1, 0.15) is 5.56 Å². The standard InChI is InChI=1S/C11H11ClFN3/c1-16-5-4-11(15-16)14-7-8-2-3-10(13)9(12)6-8/h2-6H,7H2,1H3,(H,14,15). The highest BCUT2D eigenvalue weighted by Gasteiger charge is 2.01. The molecule has 0 aliphatic carbocycles. The van der Waals surface area contributed by atoms with Crippen molar-refractivity contribution in [3.05, 3.63) is 46.9 Å². The van der Waals surface area contributed by atoms with E-state index in [9.17, 15) is 4.39 Å². The molecule has 0 saturated heterocycles. The summed E-state index contributed by atoms with van der Waals surface area (Å²) in [5, 5.41) is 7.42. The van der Waals surface area contributed by atoms with Crippen LogP contribution in [0.15, 0.2) is 30.5 Å². The Hall–Kier alpha value is -1.55. The first-order valence-electron chi connectivity index (χ1n) is 4.82. The third-order valence-corrected chi connectivity index (χ3v) is 2.46. The number of hydrogen-bond donors (Lipinski definition) is 1. The van der Waals surface area contributed by atoms with Gasteiger partial charge in [0.25, 0.3) is 0 Å². The second-order valence-electron chi connectivity index (χ2n) is 3.48. The predicted molar refractivity (Wildman–Crippen MR) is 61.9 cm³/mol. The van der Waals surface area contributed by atoms with Crippen LogP contribution in [0.25, 0.3) is 0 Å². The quantitative estimate of drug-likeness (QED) is 0.893. The molecule has 2 rings (SSSR count). The maximum Gasteiger partial charge on any atom is 0.148 e. The Morgan fingerprint density at radius 2 is 2.25 bits per heavy atom. The van der Waals surface area contributed by atoms with E-state index in [1.54, 1.807) is 16.8 Å². The van der Waals surface area contributed by atoms with Crippen molar-refractivity contribution in [3.8, 4) is 0 Å². The van der Waals surface area contributed by atoms with Crippen molar-refractivity contribution in [2.24, 2.45) is 7.05 Å². The molecule has 5 heteroatoms. The van der Waals surface area contributed by atoms with E-state index < -0.39 is 5.82 Å². The molecule has 1 aromatic carbocycles. The first-order valence-corrected chi connectivity index (χ1v) is 5.20. The van der Waals surface area contributed by atoms with Crippen molar-refractivity contribution in [3.63, 3.8) is 0 Å². The summed E-state index contributed by atoms with van der Waals surface area (Å²) >= 11 is 5.68. The molecule has 0 saturated carbocycles. The van der Waals surface area contributed by atoms with Crippen molar-refractivity contribution in [1.29, 1.82) is 0 Å². The average Bonchev–Trinajstić information content (AvgIpc) is 2.66. The zero-order chi connectivity index (χ0) is 11.5. The Morgan fingerprint density at radius 1 is 1.44 bits per heavy atom. The van der Waals surface area contributed by atoms with Gasteiger partial charge >= 0.3 is 0 Å².